The Balaban J connectivity index is 2.72. The molecule has 2 nitrogen and oxygen atoms in total. The van der Waals surface area contributed by atoms with Gasteiger partial charge >= 0.3 is 0 Å². The van der Waals surface area contributed by atoms with E-state index in [1.807, 2.05) is 17.4 Å². The lowest BCUT2D eigenvalue weighted by atomic mass is 10.2. The highest BCUT2D eigenvalue weighted by atomic mass is 32.1. The summed E-state index contributed by atoms with van der Waals surface area (Å²) in [4.78, 5) is 2.69. The molecule has 72 valence electrons. The third-order valence-electron chi connectivity index (χ3n) is 1.98. The smallest absolute Gasteiger partial charge is 0.0587 e. The lowest BCUT2D eigenvalue weighted by Crippen LogP contribution is -2.26. The first-order chi connectivity index (χ1) is 6.31. The molecule has 1 heterocycles. The van der Waals surface area contributed by atoms with E-state index in [4.69, 9.17) is 5.84 Å². The first-order valence-electron chi connectivity index (χ1n) is 4.47. The molecular formula is C10H16N2S. The molecule has 0 bridgehead atoms. The highest BCUT2D eigenvalue weighted by molar-refractivity contribution is 7.12. The van der Waals surface area contributed by atoms with E-state index < -0.39 is 0 Å². The van der Waals surface area contributed by atoms with Gasteiger partial charge in [-0.1, -0.05) is 13.0 Å². The van der Waals surface area contributed by atoms with Crippen molar-refractivity contribution in [3.63, 3.8) is 0 Å². The average molecular weight is 196 g/mol. The van der Waals surface area contributed by atoms with Crippen molar-refractivity contribution in [1.29, 1.82) is 0 Å². The fourth-order valence-corrected chi connectivity index (χ4v) is 2.23. The highest BCUT2D eigenvalue weighted by Crippen LogP contribution is 2.25. The summed E-state index contributed by atoms with van der Waals surface area (Å²) in [5.41, 5.74) is 2.80. The van der Waals surface area contributed by atoms with Gasteiger partial charge in [-0.2, -0.15) is 0 Å². The van der Waals surface area contributed by atoms with E-state index >= 15 is 0 Å². The minimum Gasteiger partial charge on any atom is -0.271 e. The van der Waals surface area contributed by atoms with E-state index in [2.05, 4.69) is 31.1 Å². The Labute approximate surface area is 83.4 Å². The van der Waals surface area contributed by atoms with Crippen LogP contribution in [0.4, 0.5) is 0 Å². The second kappa shape index (κ2) is 5.17. The van der Waals surface area contributed by atoms with Crippen molar-refractivity contribution in [3.8, 4) is 0 Å². The molecule has 0 radical (unpaired) electrons. The molecule has 1 atom stereocenters. The summed E-state index contributed by atoms with van der Waals surface area (Å²) in [5.74, 6) is 5.45. The molecule has 0 saturated carbocycles. The zero-order valence-electron chi connectivity index (χ0n) is 7.92. The molecule has 0 aromatic carbocycles. The fourth-order valence-electron chi connectivity index (χ4n) is 1.20. The number of hydrogen-bond acceptors (Lipinski definition) is 3. The molecule has 0 aliphatic rings. The molecule has 3 heteroatoms. The van der Waals surface area contributed by atoms with Crippen LogP contribution < -0.4 is 11.3 Å². The number of hydrazine groups is 1. The molecule has 0 aliphatic carbocycles. The molecule has 0 spiro atoms. The molecule has 0 aliphatic heterocycles. The fraction of sp³-hybridized carbons (Fsp3) is 0.400. The zero-order chi connectivity index (χ0) is 9.68. The van der Waals surface area contributed by atoms with E-state index in [0.29, 0.717) is 0 Å². The Morgan fingerprint density at radius 3 is 2.92 bits per heavy atom. The van der Waals surface area contributed by atoms with E-state index in [1.165, 1.54) is 9.75 Å². The van der Waals surface area contributed by atoms with Crippen LogP contribution in [0.3, 0.4) is 0 Å². The molecular weight excluding hydrogens is 180 g/mol. The van der Waals surface area contributed by atoms with Crippen LogP contribution in [0, 0.1) is 0 Å². The molecule has 1 rings (SSSR count). The summed E-state index contributed by atoms with van der Waals surface area (Å²) in [6, 6.07) is 4.52. The minimum absolute atomic E-state index is 0.225. The first-order valence-corrected chi connectivity index (χ1v) is 5.29. The number of thiophene rings is 1. The monoisotopic (exact) mass is 196 g/mol. The first kappa shape index (κ1) is 10.4. The molecule has 1 aromatic heterocycles. The molecule has 3 N–H and O–H groups in total. The summed E-state index contributed by atoms with van der Waals surface area (Å²) in [6.07, 6.45) is 3.85. The summed E-state index contributed by atoms with van der Waals surface area (Å²) in [7, 11) is 0. The van der Waals surface area contributed by atoms with Gasteiger partial charge in [0, 0.05) is 9.75 Å². The van der Waals surface area contributed by atoms with Crippen LogP contribution in [-0.4, -0.2) is 0 Å². The Morgan fingerprint density at radius 2 is 2.46 bits per heavy atom. The minimum atomic E-state index is 0.225. The Morgan fingerprint density at radius 1 is 1.69 bits per heavy atom. The van der Waals surface area contributed by atoms with Crippen LogP contribution in [0.1, 0.15) is 29.1 Å². The summed E-state index contributed by atoms with van der Waals surface area (Å²) in [6.45, 7) is 5.87. The van der Waals surface area contributed by atoms with Gasteiger partial charge < -0.3 is 0 Å². The van der Waals surface area contributed by atoms with Crippen molar-refractivity contribution in [2.45, 2.75) is 25.8 Å². The number of nitrogens with two attached hydrogens (primary N) is 1. The Bertz CT molecular complexity index is 268. The summed E-state index contributed by atoms with van der Waals surface area (Å²) >= 11 is 1.82. The van der Waals surface area contributed by atoms with Crippen LogP contribution in [-0.2, 0) is 6.42 Å². The van der Waals surface area contributed by atoms with Gasteiger partial charge in [-0.3, -0.25) is 11.3 Å². The number of aryl methyl sites for hydroxylation is 1. The molecule has 1 unspecified atom stereocenters. The quantitative estimate of drug-likeness (QED) is 0.431. The van der Waals surface area contributed by atoms with Crippen molar-refractivity contribution < 1.29 is 0 Å². The lowest BCUT2D eigenvalue weighted by Gasteiger charge is -2.10. The Hall–Kier alpha value is -0.640. The lowest BCUT2D eigenvalue weighted by molar-refractivity contribution is 0.570. The van der Waals surface area contributed by atoms with Gasteiger partial charge in [0.1, 0.15) is 0 Å². The molecule has 13 heavy (non-hydrogen) atoms. The maximum atomic E-state index is 5.45. The third kappa shape index (κ3) is 2.66. The van der Waals surface area contributed by atoms with Gasteiger partial charge in [-0.05, 0) is 25.0 Å². The van der Waals surface area contributed by atoms with E-state index in [9.17, 15) is 0 Å². The van der Waals surface area contributed by atoms with Gasteiger partial charge in [0.2, 0.25) is 0 Å². The van der Waals surface area contributed by atoms with Crippen molar-refractivity contribution >= 4 is 11.3 Å². The normalized spacial score (nSPS) is 12.8. The number of rotatable bonds is 5. The number of nitrogens with one attached hydrogen (secondary N) is 1. The second-order valence-electron chi connectivity index (χ2n) is 2.90. The summed E-state index contributed by atoms with van der Waals surface area (Å²) < 4.78 is 0. The number of hydrogen-bond donors (Lipinski definition) is 2. The maximum Gasteiger partial charge on any atom is 0.0587 e. The molecule has 0 saturated heterocycles. The van der Waals surface area contributed by atoms with Crippen LogP contribution in [0.5, 0.6) is 0 Å². The van der Waals surface area contributed by atoms with Crippen LogP contribution in [0.25, 0.3) is 0 Å². The van der Waals surface area contributed by atoms with E-state index in [0.717, 1.165) is 12.8 Å². The van der Waals surface area contributed by atoms with Gasteiger partial charge in [-0.15, -0.1) is 17.9 Å². The predicted octanol–water partition coefficient (Wildman–Crippen LogP) is 2.39. The van der Waals surface area contributed by atoms with Crippen molar-refractivity contribution in [2.75, 3.05) is 0 Å². The van der Waals surface area contributed by atoms with Gasteiger partial charge in [-0.25, -0.2) is 0 Å². The van der Waals surface area contributed by atoms with Crippen LogP contribution in [0.15, 0.2) is 24.8 Å². The van der Waals surface area contributed by atoms with Crippen molar-refractivity contribution in [3.05, 3.63) is 34.5 Å². The van der Waals surface area contributed by atoms with Crippen LogP contribution in [0.2, 0.25) is 0 Å². The van der Waals surface area contributed by atoms with Gasteiger partial charge in [0.15, 0.2) is 0 Å². The highest BCUT2D eigenvalue weighted by Gasteiger charge is 2.09. The predicted molar refractivity (Wildman–Crippen MR) is 58.6 cm³/mol. The van der Waals surface area contributed by atoms with E-state index in [-0.39, 0.29) is 6.04 Å². The summed E-state index contributed by atoms with van der Waals surface area (Å²) in [5, 5.41) is 0. The third-order valence-corrected chi connectivity index (χ3v) is 3.32. The largest absolute Gasteiger partial charge is 0.271 e. The van der Waals surface area contributed by atoms with Gasteiger partial charge in [0.05, 0.1) is 6.04 Å². The molecule has 0 amide bonds. The Kier molecular flexibility index (Phi) is 4.15. The van der Waals surface area contributed by atoms with E-state index in [1.54, 1.807) is 0 Å². The molecule has 0 fully saturated rings. The van der Waals surface area contributed by atoms with Gasteiger partial charge in [0.25, 0.3) is 0 Å². The topological polar surface area (TPSA) is 38.0 Å². The van der Waals surface area contributed by atoms with Crippen LogP contribution >= 0.6 is 11.3 Å². The van der Waals surface area contributed by atoms with Crippen molar-refractivity contribution in [2.24, 2.45) is 5.84 Å². The SMILES string of the molecule is C=CCC(NN)c1ccc(CC)s1. The molecule has 1 aromatic rings. The maximum absolute atomic E-state index is 5.45. The second-order valence-corrected chi connectivity index (χ2v) is 4.10. The zero-order valence-corrected chi connectivity index (χ0v) is 8.73. The average Bonchev–Trinajstić information content (AvgIpc) is 2.62. The standard InChI is InChI=1S/C10H16N2S/c1-3-5-9(12-11)10-7-6-8(4-2)13-10/h3,6-7,9,12H,1,4-5,11H2,2H3. The van der Waals surface area contributed by atoms with Crippen molar-refractivity contribution in [1.82, 2.24) is 5.43 Å².